The van der Waals surface area contributed by atoms with Gasteiger partial charge in [0.05, 0.1) is 11.6 Å². The Morgan fingerprint density at radius 2 is 1.70 bits per heavy atom. The zero-order chi connectivity index (χ0) is 27.6. The monoisotopic (exact) mass is 542 g/mol. The SMILES string of the molecule is CNc1cc2c(cn1)c(-c1ccc(CN3CCN(C)CC3)cc1)nn2C1CCC(Oc2ccc(=O)n(C)n2)CC1. The zero-order valence-corrected chi connectivity index (χ0v) is 23.6. The maximum Gasteiger partial charge on any atom is 0.266 e. The number of likely N-dealkylation sites (N-methyl/N-ethyl adjacent to an activating group) is 1. The topological polar surface area (TPSA) is 93.3 Å². The molecule has 0 atom stereocenters. The predicted molar refractivity (Wildman–Crippen MR) is 157 cm³/mol. The number of aryl methyl sites for hydroxylation is 1. The highest BCUT2D eigenvalue weighted by atomic mass is 16.5. The zero-order valence-electron chi connectivity index (χ0n) is 23.6. The number of piperazine rings is 1. The van der Waals surface area contributed by atoms with Crippen LogP contribution in [0, 0.1) is 0 Å². The first-order valence-electron chi connectivity index (χ1n) is 14.2. The van der Waals surface area contributed by atoms with Crippen molar-refractivity contribution in [2.24, 2.45) is 7.05 Å². The smallest absolute Gasteiger partial charge is 0.266 e. The molecule has 10 heteroatoms. The number of aromatic nitrogens is 5. The van der Waals surface area contributed by atoms with Crippen LogP contribution < -0.4 is 15.6 Å². The van der Waals surface area contributed by atoms with Crippen LogP contribution in [0.2, 0.25) is 0 Å². The van der Waals surface area contributed by atoms with E-state index < -0.39 is 0 Å². The second-order valence-electron chi connectivity index (χ2n) is 11.1. The molecule has 3 aromatic heterocycles. The second kappa shape index (κ2) is 11.4. The number of nitrogens with zero attached hydrogens (tertiary/aromatic N) is 7. The van der Waals surface area contributed by atoms with Gasteiger partial charge in [0.15, 0.2) is 0 Å². The average molecular weight is 543 g/mol. The van der Waals surface area contributed by atoms with Gasteiger partial charge in [0.1, 0.15) is 17.6 Å². The molecule has 0 unspecified atom stereocenters. The first-order valence-corrected chi connectivity index (χ1v) is 14.2. The van der Waals surface area contributed by atoms with Crippen LogP contribution in [0.3, 0.4) is 0 Å². The molecular formula is C30H38N8O2. The minimum Gasteiger partial charge on any atom is -0.473 e. The fraction of sp³-hybridized carbons (Fsp3) is 0.467. The lowest BCUT2D eigenvalue weighted by molar-refractivity contribution is 0.123. The number of benzene rings is 1. The fourth-order valence-electron chi connectivity index (χ4n) is 5.81. The number of hydrogen-bond acceptors (Lipinski definition) is 8. The van der Waals surface area contributed by atoms with Crippen LogP contribution in [0.5, 0.6) is 5.88 Å². The van der Waals surface area contributed by atoms with Gasteiger partial charge in [0.25, 0.3) is 5.56 Å². The van der Waals surface area contributed by atoms with E-state index in [1.807, 2.05) is 13.2 Å². The molecule has 0 bridgehead atoms. The van der Waals surface area contributed by atoms with E-state index in [0.717, 1.165) is 86.4 Å². The molecule has 4 heterocycles. The third-order valence-corrected chi connectivity index (χ3v) is 8.29. The van der Waals surface area contributed by atoms with Crippen LogP contribution in [0.4, 0.5) is 5.82 Å². The van der Waals surface area contributed by atoms with Gasteiger partial charge in [-0.3, -0.25) is 14.4 Å². The normalized spacial score (nSPS) is 20.6. The van der Waals surface area contributed by atoms with Crippen LogP contribution in [-0.4, -0.2) is 80.7 Å². The summed E-state index contributed by atoms with van der Waals surface area (Å²) in [4.78, 5) is 21.2. The average Bonchev–Trinajstić information content (AvgIpc) is 3.36. The summed E-state index contributed by atoms with van der Waals surface area (Å²) in [6, 6.07) is 14.4. The first kappa shape index (κ1) is 26.5. The maximum absolute atomic E-state index is 11.7. The number of fused-ring (bicyclic) bond motifs is 1. The van der Waals surface area contributed by atoms with Crippen LogP contribution in [0.15, 0.2) is 53.5 Å². The molecular weight excluding hydrogens is 504 g/mol. The molecule has 2 fully saturated rings. The summed E-state index contributed by atoms with van der Waals surface area (Å²) in [6.07, 6.45) is 5.72. The molecule has 10 nitrogen and oxygen atoms in total. The molecule has 1 saturated heterocycles. The molecule has 1 saturated carbocycles. The van der Waals surface area contributed by atoms with Gasteiger partial charge < -0.3 is 15.0 Å². The van der Waals surface area contributed by atoms with Crippen LogP contribution in [-0.2, 0) is 13.6 Å². The number of hydrogen-bond donors (Lipinski definition) is 1. The minimum atomic E-state index is -0.141. The summed E-state index contributed by atoms with van der Waals surface area (Å²) in [5, 5.41) is 13.7. The highest BCUT2D eigenvalue weighted by Crippen LogP contribution is 2.36. The Bertz CT molecular complexity index is 1510. The van der Waals surface area contributed by atoms with Gasteiger partial charge >= 0.3 is 0 Å². The summed E-state index contributed by atoms with van der Waals surface area (Å²) in [7, 11) is 5.73. The Morgan fingerprint density at radius 3 is 2.40 bits per heavy atom. The summed E-state index contributed by atoms with van der Waals surface area (Å²) in [6.45, 7) is 5.46. The molecule has 1 N–H and O–H groups in total. The summed E-state index contributed by atoms with van der Waals surface area (Å²) < 4.78 is 9.63. The Balaban J connectivity index is 1.20. The fourth-order valence-corrected chi connectivity index (χ4v) is 5.81. The lowest BCUT2D eigenvalue weighted by atomic mass is 9.93. The van der Waals surface area contributed by atoms with Gasteiger partial charge in [0.2, 0.25) is 5.88 Å². The van der Waals surface area contributed by atoms with Crippen LogP contribution in [0.25, 0.3) is 22.2 Å². The van der Waals surface area contributed by atoms with E-state index in [9.17, 15) is 4.79 Å². The van der Waals surface area contributed by atoms with Crippen molar-refractivity contribution in [1.29, 1.82) is 0 Å². The maximum atomic E-state index is 11.7. The first-order chi connectivity index (χ1) is 19.5. The number of pyridine rings is 1. The van der Waals surface area contributed by atoms with E-state index in [2.05, 4.69) is 67.3 Å². The molecule has 1 aliphatic heterocycles. The largest absolute Gasteiger partial charge is 0.473 e. The summed E-state index contributed by atoms with van der Waals surface area (Å²) >= 11 is 0. The van der Waals surface area contributed by atoms with E-state index in [1.165, 1.54) is 16.3 Å². The van der Waals surface area contributed by atoms with E-state index >= 15 is 0 Å². The number of anilines is 1. The molecule has 6 rings (SSSR count). The molecule has 4 aromatic rings. The number of nitrogens with one attached hydrogen (secondary N) is 1. The van der Waals surface area contributed by atoms with Crippen molar-refractivity contribution in [3.63, 3.8) is 0 Å². The van der Waals surface area contributed by atoms with Crippen LogP contribution in [0.1, 0.15) is 37.3 Å². The molecule has 210 valence electrons. The van der Waals surface area contributed by atoms with Crippen molar-refractivity contribution in [3.05, 3.63) is 64.6 Å². The van der Waals surface area contributed by atoms with Crippen molar-refractivity contribution < 1.29 is 4.74 Å². The van der Waals surface area contributed by atoms with Crippen molar-refractivity contribution in [2.45, 2.75) is 44.4 Å². The van der Waals surface area contributed by atoms with Crippen molar-refractivity contribution in [3.8, 4) is 17.1 Å². The lowest BCUT2D eigenvalue weighted by Crippen LogP contribution is -2.43. The van der Waals surface area contributed by atoms with Gasteiger partial charge in [-0.1, -0.05) is 24.3 Å². The van der Waals surface area contributed by atoms with E-state index in [1.54, 1.807) is 13.1 Å². The van der Waals surface area contributed by atoms with Crippen molar-refractivity contribution >= 4 is 16.7 Å². The highest BCUT2D eigenvalue weighted by Gasteiger charge is 2.27. The molecule has 0 spiro atoms. The molecule has 40 heavy (non-hydrogen) atoms. The molecule has 1 aromatic carbocycles. The standard InChI is InChI=1S/C30H38N8O2/c1-31-27-18-26-25(19-32-27)30(22-6-4-21(5-7-22)20-37-16-14-35(2)15-17-37)34-38(26)23-8-10-24(11-9-23)40-28-12-13-29(39)36(3)33-28/h4-7,12-13,18-19,23-24H,8-11,14-17,20H2,1-3H3,(H,31,32). The van der Waals surface area contributed by atoms with Crippen molar-refractivity contribution in [2.75, 3.05) is 45.6 Å². The van der Waals surface area contributed by atoms with E-state index in [4.69, 9.17) is 9.84 Å². The minimum absolute atomic E-state index is 0.0740. The molecule has 0 radical (unpaired) electrons. The number of rotatable bonds is 7. The third kappa shape index (κ3) is 5.59. The Morgan fingerprint density at radius 1 is 0.950 bits per heavy atom. The number of ether oxygens (including phenoxy) is 1. The Hall–Kier alpha value is -3.76. The van der Waals surface area contributed by atoms with Crippen molar-refractivity contribution in [1.82, 2.24) is 34.3 Å². The highest BCUT2D eigenvalue weighted by molar-refractivity contribution is 5.94. The summed E-state index contributed by atoms with van der Waals surface area (Å²) in [5.41, 5.74) is 4.38. The second-order valence-corrected chi connectivity index (χ2v) is 11.1. The van der Waals surface area contributed by atoms with Gasteiger partial charge in [-0.15, -0.1) is 5.10 Å². The Labute approximate surface area is 234 Å². The molecule has 0 amide bonds. The van der Waals surface area contributed by atoms with Gasteiger partial charge in [-0.25, -0.2) is 9.67 Å². The van der Waals surface area contributed by atoms with Gasteiger partial charge in [0, 0.05) is 82.2 Å². The quantitative estimate of drug-likeness (QED) is 0.379. The lowest BCUT2D eigenvalue weighted by Gasteiger charge is -2.32. The third-order valence-electron chi connectivity index (χ3n) is 8.29. The van der Waals surface area contributed by atoms with E-state index in [-0.39, 0.29) is 17.7 Å². The molecule has 2 aliphatic rings. The predicted octanol–water partition coefficient (Wildman–Crippen LogP) is 3.54. The van der Waals surface area contributed by atoms with E-state index in [0.29, 0.717) is 5.88 Å². The molecule has 1 aliphatic carbocycles. The Kier molecular flexibility index (Phi) is 7.53. The van der Waals surface area contributed by atoms with Crippen LogP contribution >= 0.6 is 0 Å². The summed E-state index contributed by atoms with van der Waals surface area (Å²) in [5.74, 6) is 1.33. The van der Waals surface area contributed by atoms with Gasteiger partial charge in [-0.2, -0.15) is 5.10 Å². The van der Waals surface area contributed by atoms with Gasteiger partial charge in [-0.05, 0) is 38.3 Å².